The molecule has 0 saturated carbocycles. The van der Waals surface area contributed by atoms with Crippen LogP contribution in [0.15, 0.2) is 30.0 Å². The molecule has 0 rings (SSSR count). The first-order valence-corrected chi connectivity index (χ1v) is 3.44. The molecule has 0 heterocycles. The average Bonchev–Trinajstić information content (AvgIpc) is 1.89. The second kappa shape index (κ2) is 7.26. The van der Waals surface area contributed by atoms with Crippen LogP contribution in [0.3, 0.4) is 0 Å². The molecule has 0 radical (unpaired) electrons. The summed E-state index contributed by atoms with van der Waals surface area (Å²) < 4.78 is 0. The van der Waals surface area contributed by atoms with Crippen LogP contribution >= 0.6 is 0 Å². The molecule has 0 aromatic rings. The second-order valence-corrected chi connectivity index (χ2v) is 1.85. The molecule has 0 aliphatic rings. The molecule has 0 amide bonds. The fraction of sp³-hybridized carbons (Fsp3) is 0.444. The molecule has 0 aliphatic carbocycles. The molecular weight excluding hydrogens is 108 g/mol. The maximum absolute atomic E-state index is 3.05. The van der Waals surface area contributed by atoms with E-state index in [4.69, 9.17) is 0 Å². The van der Waals surface area contributed by atoms with Crippen LogP contribution in [0.25, 0.3) is 0 Å². The standard InChI is InChI=1S/C9H14/c1-3-5-7-9-8-6-4-2/h3,5,7-8H,4,6H2,1-2H3. The first kappa shape index (κ1) is 8.26. The topological polar surface area (TPSA) is 0 Å². The zero-order valence-corrected chi connectivity index (χ0v) is 6.22. The predicted molar refractivity (Wildman–Crippen MR) is 42.4 cm³/mol. The van der Waals surface area contributed by atoms with Crippen molar-refractivity contribution in [1.29, 1.82) is 0 Å². The molecular formula is C9H14. The van der Waals surface area contributed by atoms with Crippen molar-refractivity contribution in [3.63, 3.8) is 0 Å². The molecule has 50 valence electrons. The molecule has 0 aromatic carbocycles. The fourth-order valence-corrected chi connectivity index (χ4v) is 0.447. The largest absolute Gasteiger partial charge is 0.125 e. The van der Waals surface area contributed by atoms with Crippen molar-refractivity contribution in [2.24, 2.45) is 0 Å². The maximum Gasteiger partial charge on any atom is -0.0206 e. The Morgan fingerprint density at radius 2 is 2.22 bits per heavy atom. The van der Waals surface area contributed by atoms with E-state index in [9.17, 15) is 0 Å². The smallest absolute Gasteiger partial charge is 0.0206 e. The first-order chi connectivity index (χ1) is 4.41. The minimum absolute atomic E-state index is 1.13. The summed E-state index contributed by atoms with van der Waals surface area (Å²) in [5, 5.41) is 0. The van der Waals surface area contributed by atoms with Gasteiger partial charge < -0.3 is 0 Å². The first-order valence-electron chi connectivity index (χ1n) is 3.44. The Hall–Kier alpha value is -0.740. The molecule has 0 N–H and O–H groups in total. The van der Waals surface area contributed by atoms with Crippen molar-refractivity contribution < 1.29 is 0 Å². The predicted octanol–water partition coefficient (Wildman–Crippen LogP) is 3.07. The highest BCUT2D eigenvalue weighted by Crippen LogP contribution is 1.85. The van der Waals surface area contributed by atoms with Gasteiger partial charge >= 0.3 is 0 Å². The third-order valence-electron chi connectivity index (χ3n) is 0.936. The zero-order valence-electron chi connectivity index (χ0n) is 6.22. The number of unbranched alkanes of at least 4 members (excludes halogenated alkanes) is 1. The van der Waals surface area contributed by atoms with E-state index in [0.29, 0.717) is 0 Å². The lowest BCUT2D eigenvalue weighted by atomic mass is 10.3. The Bertz CT molecular complexity index is 123. The average molecular weight is 122 g/mol. The number of allylic oxidation sites excluding steroid dienone is 3. The van der Waals surface area contributed by atoms with Gasteiger partial charge in [-0.1, -0.05) is 25.5 Å². The normalized spacial score (nSPS) is 9.11. The van der Waals surface area contributed by atoms with E-state index >= 15 is 0 Å². The van der Waals surface area contributed by atoms with Gasteiger partial charge in [0.15, 0.2) is 0 Å². The molecule has 0 fully saturated rings. The summed E-state index contributed by atoms with van der Waals surface area (Å²) in [6.45, 7) is 4.16. The lowest BCUT2D eigenvalue weighted by Gasteiger charge is -1.75. The Morgan fingerprint density at radius 1 is 1.44 bits per heavy atom. The summed E-state index contributed by atoms with van der Waals surface area (Å²) in [5.41, 5.74) is 3.05. The van der Waals surface area contributed by atoms with Crippen molar-refractivity contribution in [1.82, 2.24) is 0 Å². The summed E-state index contributed by atoms with van der Waals surface area (Å²) >= 11 is 0. The van der Waals surface area contributed by atoms with Crippen molar-refractivity contribution in [3.8, 4) is 0 Å². The van der Waals surface area contributed by atoms with Gasteiger partial charge in [-0.3, -0.25) is 0 Å². The number of hydrogen-bond acceptors (Lipinski definition) is 0. The van der Waals surface area contributed by atoms with Gasteiger partial charge in [0, 0.05) is 0 Å². The lowest BCUT2D eigenvalue weighted by Crippen LogP contribution is -1.55. The summed E-state index contributed by atoms with van der Waals surface area (Å²) in [7, 11) is 0. The van der Waals surface area contributed by atoms with Gasteiger partial charge in [-0.2, -0.15) is 0 Å². The second-order valence-electron chi connectivity index (χ2n) is 1.85. The van der Waals surface area contributed by atoms with Crippen molar-refractivity contribution in [3.05, 3.63) is 30.0 Å². The highest BCUT2D eigenvalue weighted by molar-refractivity contribution is 5.00. The minimum atomic E-state index is 1.13. The van der Waals surface area contributed by atoms with Crippen LogP contribution in [-0.2, 0) is 0 Å². The fourth-order valence-electron chi connectivity index (χ4n) is 0.447. The third-order valence-corrected chi connectivity index (χ3v) is 0.936. The Balaban J connectivity index is 3.41. The highest BCUT2D eigenvalue weighted by Gasteiger charge is 1.65. The van der Waals surface area contributed by atoms with Crippen LogP contribution < -0.4 is 0 Å². The van der Waals surface area contributed by atoms with Gasteiger partial charge in [0.05, 0.1) is 0 Å². The van der Waals surface area contributed by atoms with E-state index in [1.165, 1.54) is 6.42 Å². The Kier molecular flexibility index (Phi) is 6.66. The Labute approximate surface area is 57.6 Å². The monoisotopic (exact) mass is 122 g/mol. The zero-order chi connectivity index (χ0) is 6.95. The van der Waals surface area contributed by atoms with Crippen LogP contribution in [0.4, 0.5) is 0 Å². The van der Waals surface area contributed by atoms with Gasteiger partial charge in [-0.25, -0.2) is 0 Å². The van der Waals surface area contributed by atoms with E-state index in [-0.39, 0.29) is 0 Å². The lowest BCUT2D eigenvalue weighted by molar-refractivity contribution is 0.960. The van der Waals surface area contributed by atoms with E-state index in [0.717, 1.165) is 6.42 Å². The molecule has 0 spiro atoms. The highest BCUT2D eigenvalue weighted by atomic mass is 13.7. The van der Waals surface area contributed by atoms with Crippen LogP contribution in [0, 0.1) is 0 Å². The van der Waals surface area contributed by atoms with Crippen LogP contribution in [0.5, 0.6) is 0 Å². The van der Waals surface area contributed by atoms with Crippen molar-refractivity contribution >= 4 is 0 Å². The quantitative estimate of drug-likeness (QED) is 0.398. The minimum Gasteiger partial charge on any atom is -0.125 e. The van der Waals surface area contributed by atoms with E-state index in [1.54, 1.807) is 0 Å². The van der Waals surface area contributed by atoms with Crippen LogP contribution in [-0.4, -0.2) is 0 Å². The number of rotatable bonds is 3. The van der Waals surface area contributed by atoms with E-state index < -0.39 is 0 Å². The van der Waals surface area contributed by atoms with Crippen molar-refractivity contribution in [2.75, 3.05) is 0 Å². The maximum atomic E-state index is 3.05. The van der Waals surface area contributed by atoms with Gasteiger partial charge in [-0.05, 0) is 25.5 Å². The third kappa shape index (κ3) is 7.26. The molecule has 0 aromatic heterocycles. The summed E-state index contributed by atoms with van der Waals surface area (Å²) in [4.78, 5) is 0. The molecule has 0 aliphatic heterocycles. The SMILES string of the molecule is CC=CC=C=CCCC. The Morgan fingerprint density at radius 3 is 2.78 bits per heavy atom. The van der Waals surface area contributed by atoms with E-state index in [2.05, 4.69) is 18.7 Å². The summed E-state index contributed by atoms with van der Waals surface area (Å²) in [6.07, 6.45) is 10.3. The van der Waals surface area contributed by atoms with Crippen molar-refractivity contribution in [2.45, 2.75) is 26.7 Å². The van der Waals surface area contributed by atoms with Gasteiger partial charge in [0.1, 0.15) is 0 Å². The molecule has 0 atom stereocenters. The summed E-state index contributed by atoms with van der Waals surface area (Å²) in [5.74, 6) is 0. The molecule has 0 saturated heterocycles. The van der Waals surface area contributed by atoms with Crippen LogP contribution in [0.1, 0.15) is 26.7 Å². The van der Waals surface area contributed by atoms with Gasteiger partial charge in [0.2, 0.25) is 0 Å². The molecule has 0 heteroatoms. The molecule has 0 unspecified atom stereocenters. The van der Waals surface area contributed by atoms with Crippen LogP contribution in [0.2, 0.25) is 0 Å². The summed E-state index contributed by atoms with van der Waals surface area (Å²) in [6, 6.07) is 0. The molecule has 0 nitrogen and oxygen atoms in total. The van der Waals surface area contributed by atoms with Gasteiger partial charge in [-0.15, -0.1) is 5.73 Å². The van der Waals surface area contributed by atoms with Gasteiger partial charge in [0.25, 0.3) is 0 Å². The van der Waals surface area contributed by atoms with E-state index in [1.807, 2.05) is 25.2 Å². The molecule has 9 heavy (non-hydrogen) atoms. The number of hydrogen-bond donors (Lipinski definition) is 0. The molecule has 0 bridgehead atoms.